The molecule has 0 radical (unpaired) electrons. The summed E-state index contributed by atoms with van der Waals surface area (Å²) >= 11 is 0. The smallest absolute Gasteiger partial charge is 0.324 e. The highest BCUT2D eigenvalue weighted by Gasteiger charge is 2.39. The second kappa shape index (κ2) is 8.01. The monoisotopic (exact) mass is 378 g/mol. The highest BCUT2D eigenvalue weighted by molar-refractivity contribution is 7.89. The highest BCUT2D eigenvalue weighted by Crippen LogP contribution is 2.24. The van der Waals surface area contributed by atoms with Crippen LogP contribution in [0.25, 0.3) is 11.3 Å². The number of nitrogens with zero attached hydrogens (tertiary/aromatic N) is 2. The first kappa shape index (κ1) is 18.6. The van der Waals surface area contributed by atoms with E-state index in [2.05, 4.69) is 5.16 Å². The molecule has 26 heavy (non-hydrogen) atoms. The van der Waals surface area contributed by atoms with Gasteiger partial charge in [0.2, 0.25) is 10.0 Å². The Hall–Kier alpha value is -2.19. The van der Waals surface area contributed by atoms with Gasteiger partial charge in [-0.25, -0.2) is 8.42 Å². The molecule has 0 amide bonds. The Morgan fingerprint density at radius 2 is 2.12 bits per heavy atom. The van der Waals surface area contributed by atoms with E-state index < -0.39 is 22.0 Å². The number of rotatable bonds is 7. The molecule has 1 atom stereocenters. The molecule has 1 aliphatic heterocycles. The molecule has 1 unspecified atom stereocenters. The van der Waals surface area contributed by atoms with Crippen molar-refractivity contribution in [3.63, 3.8) is 0 Å². The minimum Gasteiger partial charge on any atom is -0.458 e. The van der Waals surface area contributed by atoms with E-state index in [0.717, 1.165) is 5.56 Å². The van der Waals surface area contributed by atoms with Crippen LogP contribution in [0.1, 0.15) is 31.9 Å². The number of carbonyl (C=O) groups excluding carboxylic acids is 1. The fourth-order valence-electron chi connectivity index (χ4n) is 3.04. The summed E-state index contributed by atoms with van der Waals surface area (Å²) in [5, 5.41) is 3.90. The number of hydrogen-bond acceptors (Lipinski definition) is 6. The van der Waals surface area contributed by atoms with Gasteiger partial charge in [-0.05, 0) is 19.3 Å². The third-order valence-corrected chi connectivity index (χ3v) is 6.35. The average Bonchev–Trinajstić information content (AvgIpc) is 3.30. The minimum absolute atomic E-state index is 0.0422. The molecule has 140 valence electrons. The van der Waals surface area contributed by atoms with Crippen molar-refractivity contribution in [3.8, 4) is 11.3 Å². The van der Waals surface area contributed by atoms with Gasteiger partial charge < -0.3 is 9.26 Å². The number of hydrogen-bond donors (Lipinski definition) is 0. The lowest BCUT2D eigenvalue weighted by atomic mass is 10.2. The van der Waals surface area contributed by atoms with Gasteiger partial charge in [-0.15, -0.1) is 0 Å². The Kier molecular flexibility index (Phi) is 5.73. The van der Waals surface area contributed by atoms with Crippen molar-refractivity contribution in [2.24, 2.45) is 0 Å². The molecule has 1 saturated heterocycles. The Balaban J connectivity index is 1.61. The second-order valence-electron chi connectivity index (χ2n) is 6.24. The first-order valence-corrected chi connectivity index (χ1v) is 10.3. The molecule has 2 aromatic rings. The van der Waals surface area contributed by atoms with Crippen LogP contribution in [0.15, 0.2) is 40.9 Å². The molecule has 0 saturated carbocycles. The van der Waals surface area contributed by atoms with Crippen LogP contribution >= 0.6 is 0 Å². The summed E-state index contributed by atoms with van der Waals surface area (Å²) in [6, 6.07) is 10.4. The molecule has 1 aromatic carbocycles. The van der Waals surface area contributed by atoms with Gasteiger partial charge in [0.15, 0.2) is 5.76 Å². The van der Waals surface area contributed by atoms with E-state index in [0.29, 0.717) is 37.3 Å². The predicted octanol–water partition coefficient (Wildman–Crippen LogP) is 2.59. The molecule has 0 N–H and O–H groups in total. The predicted molar refractivity (Wildman–Crippen MR) is 95.5 cm³/mol. The van der Waals surface area contributed by atoms with E-state index in [1.54, 1.807) is 13.0 Å². The van der Waals surface area contributed by atoms with Gasteiger partial charge in [0.1, 0.15) is 18.3 Å². The minimum atomic E-state index is -3.42. The van der Waals surface area contributed by atoms with Crippen molar-refractivity contribution < 1.29 is 22.5 Å². The molecule has 0 spiro atoms. The fraction of sp³-hybridized carbons (Fsp3) is 0.444. The highest BCUT2D eigenvalue weighted by atomic mass is 32.2. The lowest BCUT2D eigenvalue weighted by Crippen LogP contribution is -2.42. The molecule has 1 fully saturated rings. The summed E-state index contributed by atoms with van der Waals surface area (Å²) in [5.74, 6) is 0.0941. The maximum atomic E-state index is 12.4. The van der Waals surface area contributed by atoms with E-state index in [1.165, 1.54) is 4.31 Å². The van der Waals surface area contributed by atoms with Crippen LogP contribution in [0.3, 0.4) is 0 Å². The molecule has 7 nitrogen and oxygen atoms in total. The summed E-state index contributed by atoms with van der Waals surface area (Å²) in [5.41, 5.74) is 1.36. The average molecular weight is 378 g/mol. The van der Waals surface area contributed by atoms with Crippen LogP contribution in [0.5, 0.6) is 0 Å². The van der Waals surface area contributed by atoms with Crippen LogP contribution in [0.4, 0.5) is 0 Å². The number of esters is 1. The molecule has 1 aromatic heterocycles. The lowest BCUT2D eigenvalue weighted by molar-refractivity contribution is -0.148. The van der Waals surface area contributed by atoms with Gasteiger partial charge in [0, 0.05) is 18.2 Å². The normalized spacial score (nSPS) is 18.1. The Bertz CT molecular complexity index is 847. The van der Waals surface area contributed by atoms with Crippen molar-refractivity contribution >= 4 is 16.0 Å². The van der Waals surface area contributed by atoms with Crippen molar-refractivity contribution in [2.75, 3.05) is 12.3 Å². The second-order valence-corrected chi connectivity index (χ2v) is 8.28. The molecule has 1 aliphatic rings. The number of carbonyl (C=O) groups is 1. The summed E-state index contributed by atoms with van der Waals surface area (Å²) in [7, 11) is -3.42. The van der Waals surface area contributed by atoms with Crippen molar-refractivity contribution in [3.05, 3.63) is 42.1 Å². The van der Waals surface area contributed by atoms with E-state index in [1.807, 2.05) is 30.3 Å². The zero-order chi connectivity index (χ0) is 18.6. The van der Waals surface area contributed by atoms with Crippen LogP contribution in [-0.4, -0.2) is 42.2 Å². The number of sulfonamides is 1. The van der Waals surface area contributed by atoms with Crippen molar-refractivity contribution in [1.29, 1.82) is 0 Å². The summed E-state index contributed by atoms with van der Waals surface area (Å²) in [6.07, 6.45) is 1.66. The van der Waals surface area contributed by atoms with Gasteiger partial charge in [0.25, 0.3) is 0 Å². The zero-order valence-electron chi connectivity index (χ0n) is 14.6. The fourth-order valence-corrected chi connectivity index (χ4v) is 4.78. The van der Waals surface area contributed by atoms with Crippen LogP contribution < -0.4 is 0 Å². The van der Waals surface area contributed by atoms with Gasteiger partial charge in [-0.3, -0.25) is 4.79 Å². The third-order valence-electron chi connectivity index (χ3n) is 4.27. The van der Waals surface area contributed by atoms with E-state index in [-0.39, 0.29) is 12.4 Å². The van der Waals surface area contributed by atoms with E-state index in [9.17, 15) is 13.2 Å². The maximum Gasteiger partial charge on any atom is 0.324 e. The molecule has 3 rings (SSSR count). The van der Waals surface area contributed by atoms with Crippen LogP contribution in [0, 0.1) is 0 Å². The lowest BCUT2D eigenvalue weighted by Gasteiger charge is -2.22. The number of aromatic nitrogens is 1. The van der Waals surface area contributed by atoms with Crippen LogP contribution in [0.2, 0.25) is 0 Å². The van der Waals surface area contributed by atoms with Gasteiger partial charge >= 0.3 is 5.97 Å². The van der Waals surface area contributed by atoms with Gasteiger partial charge in [-0.2, -0.15) is 4.31 Å². The summed E-state index contributed by atoms with van der Waals surface area (Å²) in [4.78, 5) is 12.4. The number of benzene rings is 1. The zero-order valence-corrected chi connectivity index (χ0v) is 15.4. The largest absolute Gasteiger partial charge is 0.458 e. The molecule has 0 aliphatic carbocycles. The Morgan fingerprint density at radius 1 is 1.35 bits per heavy atom. The molecule has 0 bridgehead atoms. The van der Waals surface area contributed by atoms with Crippen LogP contribution in [-0.2, 0) is 26.2 Å². The van der Waals surface area contributed by atoms with E-state index in [4.69, 9.17) is 9.26 Å². The quantitative estimate of drug-likeness (QED) is 0.688. The number of ether oxygens (including phenoxy) is 1. The van der Waals surface area contributed by atoms with Crippen molar-refractivity contribution in [2.45, 2.75) is 38.8 Å². The molecule has 2 heterocycles. The Labute approximate surface area is 153 Å². The van der Waals surface area contributed by atoms with E-state index >= 15 is 0 Å². The van der Waals surface area contributed by atoms with Gasteiger partial charge in [0.05, 0.1) is 5.75 Å². The first-order chi connectivity index (χ1) is 12.5. The first-order valence-electron chi connectivity index (χ1n) is 8.68. The SMILES string of the molecule is CCCS(=O)(=O)N1CCCC1C(=O)OCc1cc(-c2ccccc2)on1. The molecule has 8 heteroatoms. The standard InChI is InChI=1S/C18H22N2O5S/c1-2-11-26(22,23)20-10-6-9-16(20)18(21)24-13-15-12-17(25-19-15)14-7-4-3-5-8-14/h3-5,7-8,12,16H,2,6,9-11,13H2,1H3. The van der Waals surface area contributed by atoms with Crippen molar-refractivity contribution in [1.82, 2.24) is 9.46 Å². The maximum absolute atomic E-state index is 12.4. The molecular weight excluding hydrogens is 356 g/mol. The summed E-state index contributed by atoms with van der Waals surface area (Å²) in [6.45, 7) is 2.12. The van der Waals surface area contributed by atoms with Gasteiger partial charge in [-0.1, -0.05) is 42.4 Å². The topological polar surface area (TPSA) is 89.7 Å². The Morgan fingerprint density at radius 3 is 2.85 bits per heavy atom. The molecular formula is C18H22N2O5S. The summed E-state index contributed by atoms with van der Waals surface area (Å²) < 4.78 is 36.4. The third kappa shape index (κ3) is 4.13.